The molecule has 716 valence electrons. The molecule has 0 spiro atoms. The van der Waals surface area contributed by atoms with Gasteiger partial charge in [-0.1, -0.05) is 37.1 Å². The number of rotatable bonds is 58. The average molecular weight is 2000 g/mol. The number of hydrogen-bond donors (Lipinski definition) is 5. The first-order chi connectivity index (χ1) is 49.2. The number of aliphatic hydroxyl groups is 5. The Balaban J connectivity index is -0.000000150. The SMILES string of the molecule is C.C.C.C.C.C[Si](C)(C)O[Si](C)(C)O[Si](C)(COCCCCO)O[Si](C)(C)C.C[Si](C)(C)O[Si](C)(C)O[Si](C)(COCCCCO)O[Si](C)(C)C.C[Si](C)(C)O[Si](C)(C)O[Si](C)(COCCCCO)O[Si](C)(C)C.C[Si](C)(C)O[Si](C)(C)O[Si](C)(COCCCCO)O[Si](C)(C)C.C[Si](C)(C)O[Si](C)(COCCCCO)O[Si](C)(C)C. The number of aliphatic hydroxyl groups excluding tert-OH is 5. The molecule has 0 rings (SSSR count). The highest BCUT2D eigenvalue weighted by atomic mass is 28.5. The van der Waals surface area contributed by atoms with Gasteiger partial charge in [-0.15, -0.1) is 0 Å². The Hall–Kier alpha value is 3.16. The molecule has 0 saturated carbocycles. The molecule has 5 N–H and O–H groups in total. The van der Waals surface area contributed by atoms with Crippen molar-refractivity contribution in [3.05, 3.63) is 0 Å². The fraction of sp³-hybridized carbons (Fsp3) is 1.00. The Bertz CT molecular complexity index is 2070. The molecule has 4 unspecified atom stereocenters. The Morgan fingerprint density at radius 3 is 0.345 bits per heavy atom. The van der Waals surface area contributed by atoms with Gasteiger partial charge in [0.1, 0.15) is 0 Å². The molecule has 0 radical (unpaired) electrons. The van der Waals surface area contributed by atoms with Crippen LogP contribution in [0.25, 0.3) is 0 Å². The number of ether oxygens (including phenoxy) is 5. The van der Waals surface area contributed by atoms with Crippen molar-refractivity contribution in [1.82, 2.24) is 0 Å². The first-order valence-electron chi connectivity index (χ1n) is 41.0. The lowest BCUT2D eigenvalue weighted by molar-refractivity contribution is 0.136. The first-order valence-corrected chi connectivity index (χ1v) is 98.9. The molecule has 0 bridgehead atoms. The Morgan fingerprint density at radius 1 is 0.147 bits per heavy atom. The maximum atomic E-state index is 8.84. The van der Waals surface area contributed by atoms with Crippen LogP contribution < -0.4 is 0 Å². The lowest BCUT2D eigenvalue weighted by Crippen LogP contribution is -2.59. The van der Waals surface area contributed by atoms with E-state index in [2.05, 4.69) is 282 Å². The van der Waals surface area contributed by atoms with Gasteiger partial charge in [-0.3, -0.25) is 0 Å². The van der Waals surface area contributed by atoms with Gasteiger partial charge in [-0.25, -0.2) is 0 Å². The lowest BCUT2D eigenvalue weighted by Gasteiger charge is -2.41. The highest BCUT2D eigenvalue weighted by Gasteiger charge is 2.50. The molecule has 0 aliphatic rings. The van der Waals surface area contributed by atoms with Crippen LogP contribution in [0.2, 0.25) is 282 Å². The van der Waals surface area contributed by atoms with E-state index < -0.39 is 160 Å². The zero-order valence-electron chi connectivity index (χ0n) is 80.2. The molecule has 0 amide bonds. The van der Waals surface area contributed by atoms with E-state index >= 15 is 0 Å². The zero-order chi connectivity index (χ0) is 88.6. The van der Waals surface area contributed by atoms with E-state index in [1.165, 1.54) is 0 Å². The summed E-state index contributed by atoms with van der Waals surface area (Å²) in [5, 5.41) is 44.1. The Labute approximate surface area is 741 Å². The normalized spacial score (nSPS) is 15.3. The molecular formula is C73H204O24Si19. The molecule has 0 fully saturated rings. The summed E-state index contributed by atoms with van der Waals surface area (Å²) in [6.07, 6.45) is 10.9. The van der Waals surface area contributed by atoms with E-state index in [1.807, 2.05) is 0 Å². The Kier molecular flexibility index (Phi) is 75.2. The lowest BCUT2D eigenvalue weighted by atomic mass is 10.3. The molecule has 24 nitrogen and oxygen atoms in total. The molecule has 0 aromatic carbocycles. The molecule has 0 heterocycles. The monoisotopic (exact) mass is 2000 g/mol. The summed E-state index contributed by atoms with van der Waals surface area (Å²) in [6, 6.07) is 0. The van der Waals surface area contributed by atoms with Crippen LogP contribution in [0.15, 0.2) is 0 Å². The van der Waals surface area contributed by atoms with Gasteiger partial charge in [0.15, 0.2) is 83.2 Å². The summed E-state index contributed by atoms with van der Waals surface area (Å²) in [5.41, 5.74) is 0. The van der Waals surface area contributed by atoms with Gasteiger partial charge in [-0.05, 0) is 346 Å². The summed E-state index contributed by atoms with van der Waals surface area (Å²) in [6.45, 7) is 97.3. The van der Waals surface area contributed by atoms with Crippen molar-refractivity contribution >= 4 is 160 Å². The molecule has 0 aliphatic heterocycles. The van der Waals surface area contributed by atoms with E-state index in [4.69, 9.17) is 107 Å². The fourth-order valence-corrected chi connectivity index (χ4v) is 93.4. The summed E-state index contributed by atoms with van der Waals surface area (Å²) < 4.78 is 119. The van der Waals surface area contributed by atoms with Crippen molar-refractivity contribution in [2.45, 2.75) is 383 Å². The molecule has 0 aliphatic carbocycles. The smallest absolute Gasteiger partial charge is 0.342 e. The quantitative estimate of drug-likeness (QED) is 0.0279. The second kappa shape index (κ2) is 62.4. The van der Waals surface area contributed by atoms with Crippen LogP contribution in [0.5, 0.6) is 0 Å². The molecular weight excluding hydrogens is 1790 g/mol. The second-order valence-corrected chi connectivity index (χ2v) is 119. The molecule has 0 aromatic heterocycles. The van der Waals surface area contributed by atoms with Crippen LogP contribution >= 0.6 is 0 Å². The van der Waals surface area contributed by atoms with E-state index in [0.717, 1.165) is 64.2 Å². The van der Waals surface area contributed by atoms with Crippen LogP contribution in [-0.4, -0.2) is 283 Å². The summed E-state index contributed by atoms with van der Waals surface area (Å²) >= 11 is 0. The summed E-state index contributed by atoms with van der Waals surface area (Å²) in [4.78, 5) is 0. The van der Waals surface area contributed by atoms with Crippen LogP contribution in [0.4, 0.5) is 0 Å². The minimum absolute atomic E-state index is 0. The van der Waals surface area contributed by atoms with E-state index in [9.17, 15) is 0 Å². The topological polar surface area (TPSA) is 277 Å². The van der Waals surface area contributed by atoms with E-state index in [0.29, 0.717) is 64.2 Å². The molecule has 116 heavy (non-hydrogen) atoms. The maximum absolute atomic E-state index is 8.84. The molecule has 0 aromatic rings. The minimum atomic E-state index is -2.44. The van der Waals surface area contributed by atoms with Gasteiger partial charge in [0.05, 0.1) is 31.2 Å². The molecule has 4 atom stereocenters. The van der Waals surface area contributed by atoms with Crippen LogP contribution in [0, 0.1) is 0 Å². The largest absolute Gasteiger partial charge is 0.437 e. The van der Waals surface area contributed by atoms with Gasteiger partial charge in [-0.2, -0.15) is 0 Å². The highest BCUT2D eigenvalue weighted by Crippen LogP contribution is 2.30. The van der Waals surface area contributed by atoms with Gasteiger partial charge in [0.2, 0.25) is 0 Å². The van der Waals surface area contributed by atoms with Gasteiger partial charge < -0.3 is 107 Å². The zero-order valence-corrected chi connectivity index (χ0v) is 99.2. The third-order valence-electron chi connectivity index (χ3n) is 12.5. The van der Waals surface area contributed by atoms with Crippen molar-refractivity contribution in [2.24, 2.45) is 0 Å². The van der Waals surface area contributed by atoms with Crippen LogP contribution in [0.1, 0.15) is 101 Å². The van der Waals surface area contributed by atoms with Crippen molar-refractivity contribution < 1.29 is 107 Å². The third kappa shape index (κ3) is 97.8. The first kappa shape index (κ1) is 140. The van der Waals surface area contributed by atoms with Crippen molar-refractivity contribution in [3.63, 3.8) is 0 Å². The van der Waals surface area contributed by atoms with Crippen molar-refractivity contribution in [2.75, 3.05) is 97.2 Å². The van der Waals surface area contributed by atoms with E-state index in [-0.39, 0.29) is 70.2 Å². The van der Waals surface area contributed by atoms with Gasteiger partial charge in [0.25, 0.3) is 0 Å². The van der Waals surface area contributed by atoms with Crippen molar-refractivity contribution in [3.8, 4) is 0 Å². The standard InChI is InChI=1S/4C14H38O5Si4.C12H32O4Si3.5CH4/c4*1-20(2,3)17-22(7,8)19-23(9,18-21(4,5)6)14-16-13-11-10-12-15;1-17(2,3)15-19(7,16-18(4,5)6)12-14-11-9-8-10-13;;;;;/h4*15H,10-14H2,1-9H3;13H,8-12H2,1-7H3;5*1H4. The third-order valence-corrected chi connectivity index (χ3v) is 73.6. The second-order valence-electron chi connectivity index (χ2n) is 41.2. The number of unbranched alkanes of at least 4 members (excludes halogenated alkanes) is 5. The molecule has 0 saturated heterocycles. The van der Waals surface area contributed by atoms with Crippen LogP contribution in [-0.2, 0) is 81.3 Å². The van der Waals surface area contributed by atoms with Gasteiger partial charge >= 0.3 is 77.0 Å². The maximum Gasteiger partial charge on any atom is 0.342 e. The predicted molar refractivity (Wildman–Crippen MR) is 546 cm³/mol. The minimum Gasteiger partial charge on any atom is -0.437 e. The predicted octanol–water partition coefficient (Wildman–Crippen LogP) is 21.5. The Morgan fingerprint density at radius 2 is 0.250 bits per heavy atom. The summed E-state index contributed by atoms with van der Waals surface area (Å²) in [5.74, 6) is 0. The fourth-order valence-electron chi connectivity index (χ4n) is 12.3. The van der Waals surface area contributed by atoms with Crippen LogP contribution in [0.3, 0.4) is 0 Å². The van der Waals surface area contributed by atoms with Gasteiger partial charge in [0, 0.05) is 66.1 Å². The number of hydrogen-bond acceptors (Lipinski definition) is 24. The highest BCUT2D eigenvalue weighted by molar-refractivity contribution is 6.93. The molecule has 43 heteroatoms. The summed E-state index contributed by atoms with van der Waals surface area (Å²) in [7, 11) is -37.8. The van der Waals surface area contributed by atoms with Crippen molar-refractivity contribution in [1.29, 1.82) is 0 Å². The average Bonchev–Trinajstić information content (AvgIpc) is 0.838. The van der Waals surface area contributed by atoms with E-state index in [1.54, 1.807) is 0 Å².